The number of rotatable bonds is 6. The molecule has 5 nitrogen and oxygen atoms in total. The lowest BCUT2D eigenvalue weighted by Gasteiger charge is -2.08. The van der Waals surface area contributed by atoms with Crippen LogP contribution in [0, 0.1) is 0 Å². The third-order valence-electron chi connectivity index (χ3n) is 3.13. The molecule has 0 aliphatic rings. The van der Waals surface area contributed by atoms with Crippen molar-refractivity contribution in [1.82, 2.24) is 0 Å². The lowest BCUT2D eigenvalue weighted by molar-refractivity contribution is 0.0600. The number of ether oxygens (including phenoxy) is 2. The molecule has 0 heterocycles. The maximum absolute atomic E-state index is 12.2. The molecule has 0 radical (unpaired) electrons. The van der Waals surface area contributed by atoms with Gasteiger partial charge in [-0.1, -0.05) is 13.0 Å². The fourth-order valence-corrected chi connectivity index (χ4v) is 1.97. The second-order valence-corrected chi connectivity index (χ2v) is 4.90. The highest BCUT2D eigenvalue weighted by atomic mass is 16.5. The van der Waals surface area contributed by atoms with Crippen LogP contribution in [0.15, 0.2) is 48.5 Å². The highest BCUT2D eigenvalue weighted by Gasteiger charge is 2.09. The van der Waals surface area contributed by atoms with Crippen molar-refractivity contribution in [2.75, 3.05) is 19.0 Å². The number of anilines is 1. The van der Waals surface area contributed by atoms with Crippen LogP contribution in [0.1, 0.15) is 34.1 Å². The topological polar surface area (TPSA) is 64.6 Å². The summed E-state index contributed by atoms with van der Waals surface area (Å²) in [5.74, 6) is 0.0312. The molecule has 5 heteroatoms. The summed E-state index contributed by atoms with van der Waals surface area (Å²) < 4.78 is 10.1. The minimum atomic E-state index is -0.446. The SMILES string of the molecule is CCCOc1ccc(C(=O)Nc2cccc(C(=O)OC)c2)cc1. The summed E-state index contributed by atoms with van der Waals surface area (Å²) in [6.45, 7) is 2.68. The van der Waals surface area contributed by atoms with Gasteiger partial charge in [0.05, 0.1) is 19.3 Å². The molecule has 0 spiro atoms. The van der Waals surface area contributed by atoms with Crippen molar-refractivity contribution in [1.29, 1.82) is 0 Å². The number of hydrogen-bond donors (Lipinski definition) is 1. The van der Waals surface area contributed by atoms with E-state index >= 15 is 0 Å². The van der Waals surface area contributed by atoms with Gasteiger partial charge in [-0.3, -0.25) is 4.79 Å². The van der Waals surface area contributed by atoms with Crippen molar-refractivity contribution in [3.05, 3.63) is 59.7 Å². The van der Waals surface area contributed by atoms with Crippen molar-refractivity contribution in [3.8, 4) is 5.75 Å². The van der Waals surface area contributed by atoms with Crippen molar-refractivity contribution >= 4 is 17.6 Å². The van der Waals surface area contributed by atoms with Gasteiger partial charge < -0.3 is 14.8 Å². The minimum absolute atomic E-state index is 0.256. The summed E-state index contributed by atoms with van der Waals surface area (Å²) in [4.78, 5) is 23.7. The molecule has 0 aliphatic carbocycles. The molecule has 2 aromatic carbocycles. The zero-order valence-electron chi connectivity index (χ0n) is 13.2. The first-order valence-electron chi connectivity index (χ1n) is 7.36. The van der Waals surface area contributed by atoms with E-state index in [4.69, 9.17) is 4.74 Å². The van der Waals surface area contributed by atoms with Gasteiger partial charge in [-0.05, 0) is 48.9 Å². The monoisotopic (exact) mass is 313 g/mol. The van der Waals surface area contributed by atoms with Gasteiger partial charge in [0.25, 0.3) is 5.91 Å². The van der Waals surface area contributed by atoms with Gasteiger partial charge in [0.15, 0.2) is 0 Å². The van der Waals surface area contributed by atoms with Crippen LogP contribution in [0.3, 0.4) is 0 Å². The van der Waals surface area contributed by atoms with Crippen LogP contribution in [0.4, 0.5) is 5.69 Å². The Morgan fingerprint density at radius 2 is 1.78 bits per heavy atom. The van der Waals surface area contributed by atoms with Crippen LogP contribution in [-0.2, 0) is 4.74 Å². The van der Waals surface area contributed by atoms with E-state index in [1.807, 2.05) is 6.92 Å². The standard InChI is InChI=1S/C18H19NO4/c1-3-11-23-16-9-7-13(8-10-16)17(20)19-15-6-4-5-14(12-15)18(21)22-2/h4-10,12H,3,11H2,1-2H3,(H,19,20). The first kappa shape index (κ1) is 16.5. The van der Waals surface area contributed by atoms with E-state index in [0.29, 0.717) is 23.4 Å². The number of amides is 1. The van der Waals surface area contributed by atoms with Gasteiger partial charge in [-0.15, -0.1) is 0 Å². The van der Waals surface area contributed by atoms with Crippen LogP contribution in [0.25, 0.3) is 0 Å². The van der Waals surface area contributed by atoms with Gasteiger partial charge in [-0.2, -0.15) is 0 Å². The Morgan fingerprint density at radius 3 is 2.43 bits per heavy atom. The number of nitrogens with one attached hydrogen (secondary N) is 1. The van der Waals surface area contributed by atoms with Gasteiger partial charge in [0.1, 0.15) is 5.75 Å². The van der Waals surface area contributed by atoms with Crippen molar-refractivity contribution in [2.24, 2.45) is 0 Å². The summed E-state index contributed by atoms with van der Waals surface area (Å²) in [7, 11) is 1.32. The molecule has 0 saturated heterocycles. The van der Waals surface area contributed by atoms with Gasteiger partial charge in [-0.25, -0.2) is 4.79 Å². The number of methoxy groups -OCH3 is 1. The quantitative estimate of drug-likeness (QED) is 0.829. The summed E-state index contributed by atoms with van der Waals surface area (Å²) in [6, 6.07) is 13.5. The molecule has 0 aliphatic heterocycles. The van der Waals surface area contributed by atoms with Crippen LogP contribution in [0.5, 0.6) is 5.75 Å². The predicted octanol–water partition coefficient (Wildman–Crippen LogP) is 3.51. The van der Waals surface area contributed by atoms with Crippen molar-refractivity contribution < 1.29 is 19.1 Å². The molecule has 1 N–H and O–H groups in total. The van der Waals surface area contributed by atoms with E-state index in [9.17, 15) is 9.59 Å². The first-order valence-corrected chi connectivity index (χ1v) is 7.36. The Kier molecular flexibility index (Phi) is 5.74. The summed E-state index contributed by atoms with van der Waals surface area (Å²) in [5.41, 5.74) is 1.43. The molecular weight excluding hydrogens is 294 g/mol. The third-order valence-corrected chi connectivity index (χ3v) is 3.13. The normalized spacial score (nSPS) is 10.0. The fourth-order valence-electron chi connectivity index (χ4n) is 1.97. The second kappa shape index (κ2) is 7.98. The largest absolute Gasteiger partial charge is 0.494 e. The van der Waals surface area contributed by atoms with E-state index < -0.39 is 5.97 Å². The zero-order chi connectivity index (χ0) is 16.7. The molecule has 0 saturated carbocycles. The Morgan fingerprint density at radius 1 is 1.04 bits per heavy atom. The number of esters is 1. The highest BCUT2D eigenvalue weighted by molar-refractivity contribution is 6.04. The van der Waals surface area contributed by atoms with Gasteiger partial charge in [0, 0.05) is 11.3 Å². The van der Waals surface area contributed by atoms with Crippen LogP contribution < -0.4 is 10.1 Å². The zero-order valence-corrected chi connectivity index (χ0v) is 13.2. The van der Waals surface area contributed by atoms with Crippen molar-refractivity contribution in [2.45, 2.75) is 13.3 Å². The predicted molar refractivity (Wildman–Crippen MR) is 88.0 cm³/mol. The Hall–Kier alpha value is -2.82. The van der Waals surface area contributed by atoms with Crippen LogP contribution >= 0.6 is 0 Å². The van der Waals surface area contributed by atoms with E-state index in [1.165, 1.54) is 7.11 Å². The molecule has 2 rings (SSSR count). The lowest BCUT2D eigenvalue weighted by Crippen LogP contribution is -2.12. The first-order chi connectivity index (χ1) is 11.1. The molecule has 0 fully saturated rings. The maximum atomic E-state index is 12.2. The van der Waals surface area contributed by atoms with E-state index in [-0.39, 0.29) is 5.91 Å². The van der Waals surface area contributed by atoms with E-state index in [0.717, 1.165) is 12.2 Å². The second-order valence-electron chi connectivity index (χ2n) is 4.90. The number of benzene rings is 2. The summed E-state index contributed by atoms with van der Waals surface area (Å²) in [6.07, 6.45) is 0.929. The summed E-state index contributed by atoms with van der Waals surface area (Å²) >= 11 is 0. The minimum Gasteiger partial charge on any atom is -0.494 e. The van der Waals surface area contributed by atoms with E-state index in [2.05, 4.69) is 10.1 Å². The Bertz CT molecular complexity index is 680. The lowest BCUT2D eigenvalue weighted by atomic mass is 10.1. The molecule has 120 valence electrons. The Labute approximate surface area is 135 Å². The average molecular weight is 313 g/mol. The molecule has 0 bridgehead atoms. The highest BCUT2D eigenvalue weighted by Crippen LogP contribution is 2.16. The van der Waals surface area contributed by atoms with Crippen molar-refractivity contribution in [3.63, 3.8) is 0 Å². The molecule has 0 aromatic heterocycles. The van der Waals surface area contributed by atoms with Gasteiger partial charge in [0.2, 0.25) is 0 Å². The maximum Gasteiger partial charge on any atom is 0.337 e. The average Bonchev–Trinajstić information content (AvgIpc) is 2.59. The molecule has 1 amide bonds. The molecule has 0 atom stereocenters. The van der Waals surface area contributed by atoms with Crippen LogP contribution in [0.2, 0.25) is 0 Å². The third kappa shape index (κ3) is 4.57. The number of hydrogen-bond acceptors (Lipinski definition) is 4. The number of carbonyl (C=O) groups excluding carboxylic acids is 2. The smallest absolute Gasteiger partial charge is 0.337 e. The molecule has 0 unspecified atom stereocenters. The summed E-state index contributed by atoms with van der Waals surface area (Å²) in [5, 5.41) is 2.75. The Balaban J connectivity index is 2.05. The molecular formula is C18H19NO4. The van der Waals surface area contributed by atoms with Crippen LogP contribution in [-0.4, -0.2) is 25.6 Å². The number of carbonyl (C=O) groups is 2. The molecule has 23 heavy (non-hydrogen) atoms. The molecule has 2 aromatic rings. The van der Waals surface area contributed by atoms with E-state index in [1.54, 1.807) is 48.5 Å². The van der Waals surface area contributed by atoms with Gasteiger partial charge >= 0.3 is 5.97 Å². The fraction of sp³-hybridized carbons (Fsp3) is 0.222.